The molecule has 1 atom stereocenters. The normalized spacial score (nSPS) is 12.5. The van der Waals surface area contributed by atoms with E-state index >= 15 is 0 Å². The first-order valence-corrected chi connectivity index (χ1v) is 7.89. The van der Waals surface area contributed by atoms with Crippen LogP contribution in [0.15, 0.2) is 34.8 Å². The van der Waals surface area contributed by atoms with Crippen molar-refractivity contribution in [2.45, 2.75) is 19.6 Å². The second kappa shape index (κ2) is 6.27. The number of anilines is 1. The third-order valence-electron chi connectivity index (χ3n) is 2.90. The van der Waals surface area contributed by atoms with Crippen LogP contribution in [-0.4, -0.2) is 12.2 Å². The third-order valence-corrected chi connectivity index (χ3v) is 4.80. The number of rotatable bonds is 4. The average Bonchev–Trinajstić information content (AvgIpc) is 2.74. The molecular formula is C14H15BrClNOS. The summed E-state index contributed by atoms with van der Waals surface area (Å²) in [4.78, 5) is 3.38. The predicted octanol–water partition coefficient (Wildman–Crippen LogP) is 4.85. The van der Waals surface area contributed by atoms with Crippen molar-refractivity contribution in [2.24, 2.45) is 0 Å². The van der Waals surface area contributed by atoms with Gasteiger partial charge >= 0.3 is 0 Å². The van der Waals surface area contributed by atoms with Gasteiger partial charge in [-0.25, -0.2) is 0 Å². The molecule has 5 heteroatoms. The zero-order valence-corrected chi connectivity index (χ0v) is 13.9. The van der Waals surface area contributed by atoms with E-state index in [4.69, 9.17) is 11.6 Å². The molecule has 0 aliphatic rings. The van der Waals surface area contributed by atoms with E-state index in [9.17, 15) is 5.11 Å². The van der Waals surface area contributed by atoms with Crippen LogP contribution in [0.1, 0.15) is 23.5 Å². The van der Waals surface area contributed by atoms with Gasteiger partial charge in [-0.05, 0) is 36.8 Å². The van der Waals surface area contributed by atoms with E-state index in [0.29, 0.717) is 0 Å². The van der Waals surface area contributed by atoms with E-state index in [1.807, 2.05) is 37.4 Å². The maximum atomic E-state index is 9.62. The topological polar surface area (TPSA) is 23.5 Å². The predicted molar refractivity (Wildman–Crippen MR) is 86.2 cm³/mol. The van der Waals surface area contributed by atoms with Crippen LogP contribution in [0.25, 0.3) is 0 Å². The Morgan fingerprint density at radius 2 is 2.11 bits per heavy atom. The molecule has 0 fully saturated rings. The number of halogens is 2. The summed E-state index contributed by atoms with van der Waals surface area (Å²) in [5.74, 6) is 0. The first-order valence-electron chi connectivity index (χ1n) is 5.90. The van der Waals surface area contributed by atoms with Crippen LogP contribution in [0.4, 0.5) is 5.69 Å². The lowest BCUT2D eigenvalue weighted by atomic mass is 10.1. The van der Waals surface area contributed by atoms with Gasteiger partial charge in [0.05, 0.1) is 17.0 Å². The number of benzene rings is 1. The Morgan fingerprint density at radius 3 is 2.63 bits per heavy atom. The highest BCUT2D eigenvalue weighted by Gasteiger charge is 2.09. The molecule has 0 spiro atoms. The van der Waals surface area contributed by atoms with Gasteiger partial charge in [0.1, 0.15) is 0 Å². The van der Waals surface area contributed by atoms with E-state index in [-0.39, 0.29) is 0 Å². The van der Waals surface area contributed by atoms with Crippen molar-refractivity contribution in [2.75, 3.05) is 11.9 Å². The molecule has 1 aromatic carbocycles. The zero-order valence-electron chi connectivity index (χ0n) is 10.7. The van der Waals surface area contributed by atoms with Crippen molar-refractivity contribution < 1.29 is 5.11 Å². The van der Waals surface area contributed by atoms with Crippen LogP contribution in [0, 0.1) is 0 Å². The molecule has 1 heterocycles. The van der Waals surface area contributed by atoms with Gasteiger partial charge < -0.3 is 10.0 Å². The summed E-state index contributed by atoms with van der Waals surface area (Å²) in [6, 6.07) is 9.95. The lowest BCUT2D eigenvalue weighted by Crippen LogP contribution is -2.15. The monoisotopic (exact) mass is 359 g/mol. The Bertz CT molecular complexity index is 570. The number of aliphatic hydroxyl groups excluding tert-OH is 1. The fourth-order valence-corrected chi connectivity index (χ4v) is 3.69. The standard InChI is InChI=1S/C14H15BrClNOS/c1-9(18)12-5-3-10(7-13(12)15)17(2)8-11-4-6-14(16)19-11/h3-7,9,18H,8H2,1-2H3. The highest BCUT2D eigenvalue weighted by atomic mass is 79.9. The maximum absolute atomic E-state index is 9.62. The molecule has 0 saturated heterocycles. The fourth-order valence-electron chi connectivity index (χ4n) is 1.85. The van der Waals surface area contributed by atoms with Crippen LogP contribution < -0.4 is 4.90 Å². The molecular weight excluding hydrogens is 346 g/mol. The van der Waals surface area contributed by atoms with Crippen molar-refractivity contribution >= 4 is 44.6 Å². The quantitative estimate of drug-likeness (QED) is 0.842. The molecule has 0 aliphatic carbocycles. The van der Waals surface area contributed by atoms with Crippen LogP contribution in [0.5, 0.6) is 0 Å². The minimum atomic E-state index is -0.468. The largest absolute Gasteiger partial charge is 0.389 e. The molecule has 0 radical (unpaired) electrons. The summed E-state index contributed by atoms with van der Waals surface area (Å²) in [5.41, 5.74) is 2.00. The number of hydrogen-bond donors (Lipinski definition) is 1. The zero-order chi connectivity index (χ0) is 14.0. The third kappa shape index (κ3) is 3.72. The lowest BCUT2D eigenvalue weighted by molar-refractivity contribution is 0.198. The second-order valence-electron chi connectivity index (χ2n) is 4.44. The van der Waals surface area contributed by atoms with Crippen LogP contribution in [0.2, 0.25) is 4.34 Å². The summed E-state index contributed by atoms with van der Waals surface area (Å²) >= 11 is 11.0. The fraction of sp³-hybridized carbons (Fsp3) is 0.286. The summed E-state index contributed by atoms with van der Waals surface area (Å²) in [5, 5.41) is 9.62. The van der Waals surface area contributed by atoms with E-state index in [1.54, 1.807) is 18.3 Å². The molecule has 1 aromatic heterocycles. The van der Waals surface area contributed by atoms with Crippen LogP contribution >= 0.6 is 38.9 Å². The first kappa shape index (κ1) is 14.9. The van der Waals surface area contributed by atoms with Gasteiger partial charge in [0.2, 0.25) is 0 Å². The molecule has 0 aliphatic heterocycles. The maximum Gasteiger partial charge on any atom is 0.0931 e. The summed E-state index contributed by atoms with van der Waals surface area (Å²) in [7, 11) is 2.04. The minimum Gasteiger partial charge on any atom is -0.389 e. The first-order chi connectivity index (χ1) is 8.97. The van der Waals surface area contributed by atoms with Gasteiger partial charge in [-0.15, -0.1) is 11.3 Å². The number of hydrogen-bond acceptors (Lipinski definition) is 3. The van der Waals surface area contributed by atoms with Gasteiger partial charge in [-0.2, -0.15) is 0 Å². The number of thiophene rings is 1. The van der Waals surface area contributed by atoms with Crippen LogP contribution in [0.3, 0.4) is 0 Å². The second-order valence-corrected chi connectivity index (χ2v) is 7.10. The molecule has 0 amide bonds. The summed E-state index contributed by atoms with van der Waals surface area (Å²) in [6.07, 6.45) is -0.468. The Morgan fingerprint density at radius 1 is 1.37 bits per heavy atom. The minimum absolute atomic E-state index is 0.468. The SMILES string of the molecule is CC(O)c1ccc(N(C)Cc2ccc(Cl)s2)cc1Br. The molecule has 0 saturated carbocycles. The Hall–Kier alpha value is -0.550. The highest BCUT2D eigenvalue weighted by Crippen LogP contribution is 2.29. The van der Waals surface area contributed by atoms with Crippen molar-refractivity contribution in [1.29, 1.82) is 0 Å². The summed E-state index contributed by atoms with van der Waals surface area (Å²) in [6.45, 7) is 2.58. The van der Waals surface area contributed by atoms with Gasteiger partial charge in [-0.3, -0.25) is 0 Å². The molecule has 0 bridgehead atoms. The van der Waals surface area contributed by atoms with Crippen molar-refractivity contribution in [3.63, 3.8) is 0 Å². The van der Waals surface area contributed by atoms with E-state index in [2.05, 4.69) is 20.8 Å². The average molecular weight is 361 g/mol. The highest BCUT2D eigenvalue weighted by molar-refractivity contribution is 9.10. The Balaban J connectivity index is 2.15. The van der Waals surface area contributed by atoms with Gasteiger partial charge in [0.25, 0.3) is 0 Å². The molecule has 2 nitrogen and oxygen atoms in total. The van der Waals surface area contributed by atoms with Crippen molar-refractivity contribution in [3.8, 4) is 0 Å². The Labute approximate surface area is 130 Å². The van der Waals surface area contributed by atoms with Gasteiger partial charge in [-0.1, -0.05) is 33.6 Å². The van der Waals surface area contributed by atoms with Crippen molar-refractivity contribution in [1.82, 2.24) is 0 Å². The molecule has 102 valence electrons. The van der Waals surface area contributed by atoms with E-state index in [0.717, 1.165) is 26.6 Å². The molecule has 19 heavy (non-hydrogen) atoms. The molecule has 1 N–H and O–H groups in total. The summed E-state index contributed by atoms with van der Waals surface area (Å²) < 4.78 is 1.74. The van der Waals surface area contributed by atoms with Crippen LogP contribution in [-0.2, 0) is 6.54 Å². The number of aliphatic hydroxyl groups is 1. The van der Waals surface area contributed by atoms with Gasteiger partial charge in [0.15, 0.2) is 0 Å². The Kier molecular flexibility index (Phi) is 4.90. The smallest absolute Gasteiger partial charge is 0.0931 e. The van der Waals surface area contributed by atoms with Gasteiger partial charge in [0, 0.05) is 22.1 Å². The molecule has 1 unspecified atom stereocenters. The number of nitrogens with zero attached hydrogens (tertiary/aromatic N) is 1. The lowest BCUT2D eigenvalue weighted by Gasteiger charge is -2.20. The van der Waals surface area contributed by atoms with Crippen molar-refractivity contribution in [3.05, 3.63) is 49.6 Å². The van der Waals surface area contributed by atoms with E-state index < -0.39 is 6.10 Å². The molecule has 2 rings (SSSR count). The van der Waals surface area contributed by atoms with E-state index in [1.165, 1.54) is 4.88 Å². The molecule has 2 aromatic rings.